The lowest BCUT2D eigenvalue weighted by atomic mass is 10.2. The molecule has 0 fully saturated rings. The fraction of sp³-hybridized carbons (Fsp3) is 0.250. The first-order valence-electron chi connectivity index (χ1n) is 5.41. The van der Waals surface area contributed by atoms with Gasteiger partial charge in [-0.1, -0.05) is 12.1 Å². The van der Waals surface area contributed by atoms with E-state index in [-0.39, 0.29) is 17.9 Å². The number of esters is 1. The summed E-state index contributed by atoms with van der Waals surface area (Å²) in [6.07, 6.45) is -0.878. The zero-order valence-corrected chi connectivity index (χ0v) is 11.1. The number of thiol groups is 1. The van der Waals surface area contributed by atoms with Gasteiger partial charge < -0.3 is 9.47 Å². The van der Waals surface area contributed by atoms with Crippen molar-refractivity contribution in [3.8, 4) is 5.75 Å². The zero-order valence-electron chi connectivity index (χ0n) is 10.2. The third-order valence-electron chi connectivity index (χ3n) is 1.93. The molecule has 0 heterocycles. The van der Waals surface area contributed by atoms with Crippen LogP contribution < -0.4 is 10.1 Å². The SMILES string of the molecule is CC(=O)Oc1ccccc1C(=O)NC(=O)OCCS. The van der Waals surface area contributed by atoms with Gasteiger partial charge in [-0.15, -0.1) is 0 Å². The number of carbonyl (C=O) groups excluding carboxylic acids is 3. The molecule has 6 nitrogen and oxygen atoms in total. The van der Waals surface area contributed by atoms with Gasteiger partial charge in [-0.05, 0) is 12.1 Å². The summed E-state index contributed by atoms with van der Waals surface area (Å²) in [4.78, 5) is 33.9. The van der Waals surface area contributed by atoms with Gasteiger partial charge in [0, 0.05) is 12.7 Å². The Morgan fingerprint density at radius 3 is 2.58 bits per heavy atom. The first kappa shape index (κ1) is 15.0. The Balaban J connectivity index is 2.76. The predicted octanol–water partition coefficient (Wildman–Crippen LogP) is 1.41. The monoisotopic (exact) mass is 283 g/mol. The van der Waals surface area contributed by atoms with E-state index in [1.54, 1.807) is 12.1 Å². The highest BCUT2D eigenvalue weighted by Crippen LogP contribution is 2.17. The van der Waals surface area contributed by atoms with Crippen LogP contribution in [0.2, 0.25) is 0 Å². The molecule has 1 N–H and O–H groups in total. The minimum absolute atomic E-state index is 0.0699. The summed E-state index contributed by atoms with van der Waals surface area (Å²) in [5.74, 6) is -0.834. The van der Waals surface area contributed by atoms with E-state index in [0.29, 0.717) is 5.75 Å². The average molecular weight is 283 g/mol. The lowest BCUT2D eigenvalue weighted by Crippen LogP contribution is -2.31. The van der Waals surface area contributed by atoms with Crippen molar-refractivity contribution in [2.24, 2.45) is 0 Å². The highest BCUT2D eigenvalue weighted by Gasteiger charge is 2.16. The molecule has 0 aliphatic heterocycles. The van der Waals surface area contributed by atoms with Crippen molar-refractivity contribution in [2.75, 3.05) is 12.4 Å². The summed E-state index contributed by atoms with van der Waals surface area (Å²) in [6, 6.07) is 6.07. The number of ether oxygens (including phenoxy) is 2. The molecular weight excluding hydrogens is 270 g/mol. The van der Waals surface area contributed by atoms with Crippen LogP contribution in [0.25, 0.3) is 0 Å². The first-order chi connectivity index (χ1) is 9.04. The molecule has 0 aromatic heterocycles. The molecule has 0 atom stereocenters. The molecule has 0 aliphatic carbocycles. The zero-order chi connectivity index (χ0) is 14.3. The predicted molar refractivity (Wildman–Crippen MR) is 70.4 cm³/mol. The van der Waals surface area contributed by atoms with E-state index in [9.17, 15) is 14.4 Å². The standard InChI is InChI=1S/C12H13NO5S/c1-8(14)18-10-5-3-2-4-9(10)11(15)13-12(16)17-6-7-19/h2-5,19H,6-7H2,1H3,(H,13,15,16). The van der Waals surface area contributed by atoms with E-state index < -0.39 is 18.0 Å². The van der Waals surface area contributed by atoms with Crippen molar-refractivity contribution in [1.82, 2.24) is 5.32 Å². The van der Waals surface area contributed by atoms with E-state index in [1.165, 1.54) is 19.1 Å². The summed E-state index contributed by atoms with van der Waals surface area (Å²) in [7, 11) is 0. The first-order valence-corrected chi connectivity index (χ1v) is 6.04. The molecular formula is C12H13NO5S. The third kappa shape index (κ3) is 5.01. The molecule has 0 aliphatic rings. The lowest BCUT2D eigenvalue weighted by Gasteiger charge is -2.08. The van der Waals surface area contributed by atoms with Gasteiger partial charge in [0.25, 0.3) is 5.91 Å². The Hall–Kier alpha value is -2.02. The van der Waals surface area contributed by atoms with Crippen molar-refractivity contribution < 1.29 is 23.9 Å². The molecule has 0 unspecified atom stereocenters. The van der Waals surface area contributed by atoms with Gasteiger partial charge >= 0.3 is 12.1 Å². The highest BCUT2D eigenvalue weighted by atomic mass is 32.1. The van der Waals surface area contributed by atoms with E-state index >= 15 is 0 Å². The topological polar surface area (TPSA) is 81.7 Å². The normalized spacial score (nSPS) is 9.58. The number of imide groups is 1. The number of amides is 2. The van der Waals surface area contributed by atoms with Gasteiger partial charge in [0.15, 0.2) is 0 Å². The molecule has 1 aromatic rings. The van der Waals surface area contributed by atoms with Crippen molar-refractivity contribution in [1.29, 1.82) is 0 Å². The molecule has 7 heteroatoms. The lowest BCUT2D eigenvalue weighted by molar-refractivity contribution is -0.131. The molecule has 0 bridgehead atoms. The second-order valence-corrected chi connectivity index (χ2v) is 3.85. The Morgan fingerprint density at radius 2 is 1.95 bits per heavy atom. The Bertz CT molecular complexity index is 489. The number of hydrogen-bond acceptors (Lipinski definition) is 6. The van der Waals surface area contributed by atoms with Crippen LogP contribution in [-0.2, 0) is 9.53 Å². The van der Waals surface area contributed by atoms with Gasteiger partial charge in [0.2, 0.25) is 0 Å². The average Bonchev–Trinajstić information content (AvgIpc) is 2.36. The van der Waals surface area contributed by atoms with E-state index in [2.05, 4.69) is 17.4 Å². The fourth-order valence-electron chi connectivity index (χ4n) is 1.23. The van der Waals surface area contributed by atoms with E-state index in [0.717, 1.165) is 0 Å². The molecule has 2 amide bonds. The van der Waals surface area contributed by atoms with Crippen molar-refractivity contribution in [3.63, 3.8) is 0 Å². The van der Waals surface area contributed by atoms with Crippen LogP contribution in [0.4, 0.5) is 4.79 Å². The van der Waals surface area contributed by atoms with Crippen LogP contribution in [0.1, 0.15) is 17.3 Å². The van der Waals surface area contributed by atoms with Crippen LogP contribution in [0, 0.1) is 0 Å². The second kappa shape index (κ2) is 7.42. The van der Waals surface area contributed by atoms with Crippen molar-refractivity contribution in [3.05, 3.63) is 29.8 Å². The molecule has 0 saturated heterocycles. The highest BCUT2D eigenvalue weighted by molar-refractivity contribution is 7.80. The largest absolute Gasteiger partial charge is 0.448 e. The maximum Gasteiger partial charge on any atom is 0.414 e. The number of nitrogens with one attached hydrogen (secondary N) is 1. The van der Waals surface area contributed by atoms with Crippen LogP contribution in [0.3, 0.4) is 0 Å². The van der Waals surface area contributed by atoms with Gasteiger partial charge in [-0.3, -0.25) is 14.9 Å². The van der Waals surface area contributed by atoms with Gasteiger partial charge in [0.05, 0.1) is 5.56 Å². The van der Waals surface area contributed by atoms with Crippen LogP contribution in [-0.4, -0.2) is 30.3 Å². The molecule has 1 rings (SSSR count). The summed E-state index contributed by atoms with van der Waals surface area (Å²) in [5.41, 5.74) is 0.0699. The van der Waals surface area contributed by atoms with E-state index in [4.69, 9.17) is 4.74 Å². The molecule has 0 radical (unpaired) electrons. The molecule has 0 spiro atoms. The minimum atomic E-state index is -0.878. The molecule has 1 aromatic carbocycles. The maximum absolute atomic E-state index is 11.8. The van der Waals surface area contributed by atoms with Crippen LogP contribution in [0.5, 0.6) is 5.75 Å². The van der Waals surface area contributed by atoms with Crippen molar-refractivity contribution >= 4 is 30.6 Å². The number of alkyl carbamates (subject to hydrolysis) is 1. The van der Waals surface area contributed by atoms with E-state index in [1.807, 2.05) is 5.32 Å². The third-order valence-corrected chi connectivity index (χ3v) is 2.11. The summed E-state index contributed by atoms with van der Waals surface area (Å²) in [6.45, 7) is 1.31. The number of benzene rings is 1. The molecule has 19 heavy (non-hydrogen) atoms. The van der Waals surface area contributed by atoms with Crippen molar-refractivity contribution in [2.45, 2.75) is 6.92 Å². The number of carbonyl (C=O) groups is 3. The summed E-state index contributed by atoms with van der Waals surface area (Å²) < 4.78 is 9.51. The Kier molecular flexibility index (Phi) is 5.87. The molecule has 102 valence electrons. The van der Waals surface area contributed by atoms with Gasteiger partial charge in [-0.2, -0.15) is 12.6 Å². The van der Waals surface area contributed by atoms with Crippen LogP contribution in [0.15, 0.2) is 24.3 Å². The van der Waals surface area contributed by atoms with Gasteiger partial charge in [-0.25, -0.2) is 4.79 Å². The van der Waals surface area contributed by atoms with Gasteiger partial charge in [0.1, 0.15) is 12.4 Å². The van der Waals surface area contributed by atoms with Crippen LogP contribution >= 0.6 is 12.6 Å². The Morgan fingerprint density at radius 1 is 1.26 bits per heavy atom. The molecule has 0 saturated carbocycles. The summed E-state index contributed by atoms with van der Waals surface area (Å²) in [5, 5.41) is 2.02. The Labute approximate surface area is 115 Å². The smallest absolute Gasteiger partial charge is 0.414 e. The minimum Gasteiger partial charge on any atom is -0.448 e. The summed E-state index contributed by atoms with van der Waals surface area (Å²) >= 11 is 3.86. The quantitative estimate of drug-likeness (QED) is 0.496. The number of hydrogen-bond donors (Lipinski definition) is 2. The fourth-order valence-corrected chi connectivity index (χ4v) is 1.32. The maximum atomic E-state index is 11.8. The number of para-hydroxylation sites is 1. The second-order valence-electron chi connectivity index (χ2n) is 3.40. The number of rotatable bonds is 4.